The number of hydrogen-bond donors (Lipinski definition) is 2. The van der Waals surface area contributed by atoms with Crippen LogP contribution in [0.15, 0.2) is 18.2 Å². The van der Waals surface area contributed by atoms with Gasteiger partial charge >= 0.3 is 0 Å². The van der Waals surface area contributed by atoms with Gasteiger partial charge in [0.2, 0.25) is 0 Å². The molecule has 0 bridgehead atoms. The number of benzene rings is 1. The van der Waals surface area contributed by atoms with E-state index in [2.05, 4.69) is 10.2 Å². The highest BCUT2D eigenvalue weighted by atomic mass is 35.5. The van der Waals surface area contributed by atoms with E-state index in [1.165, 1.54) is 13.2 Å². The lowest BCUT2D eigenvalue weighted by Crippen LogP contribution is -2.45. The predicted octanol–water partition coefficient (Wildman–Crippen LogP) is 2.16. The summed E-state index contributed by atoms with van der Waals surface area (Å²) in [6.07, 6.45) is 0. The first-order valence-electron chi connectivity index (χ1n) is 6.14. The van der Waals surface area contributed by atoms with Crippen LogP contribution in [0.4, 0.5) is 4.39 Å². The van der Waals surface area contributed by atoms with Crippen LogP contribution in [0.2, 0.25) is 0 Å². The van der Waals surface area contributed by atoms with Gasteiger partial charge in [-0.25, -0.2) is 4.39 Å². The normalized spacial score (nSPS) is 16.7. The second-order valence-electron chi connectivity index (χ2n) is 4.38. The number of halogens is 3. The van der Waals surface area contributed by atoms with E-state index in [1.54, 1.807) is 12.1 Å². The average molecular weight is 327 g/mol. The molecular formula is C13H21Cl2FN2O2. The fourth-order valence-electron chi connectivity index (χ4n) is 2.35. The minimum absolute atomic E-state index is 0. The number of nitrogens with one attached hydrogen (secondary N) is 1. The molecule has 1 atom stereocenters. The summed E-state index contributed by atoms with van der Waals surface area (Å²) in [6, 6.07) is 4.53. The van der Waals surface area contributed by atoms with E-state index < -0.39 is 6.67 Å². The number of phenols is 1. The van der Waals surface area contributed by atoms with Gasteiger partial charge in [-0.3, -0.25) is 4.90 Å². The Morgan fingerprint density at radius 1 is 1.35 bits per heavy atom. The summed E-state index contributed by atoms with van der Waals surface area (Å²) >= 11 is 0. The Balaban J connectivity index is 0.00000180. The van der Waals surface area contributed by atoms with Gasteiger partial charge in [0.25, 0.3) is 0 Å². The average Bonchev–Trinajstić information content (AvgIpc) is 2.42. The zero-order valence-electron chi connectivity index (χ0n) is 11.3. The van der Waals surface area contributed by atoms with E-state index in [0.717, 1.165) is 31.7 Å². The van der Waals surface area contributed by atoms with Gasteiger partial charge in [-0.15, -0.1) is 24.8 Å². The fourth-order valence-corrected chi connectivity index (χ4v) is 2.35. The van der Waals surface area contributed by atoms with Gasteiger partial charge in [-0.1, -0.05) is 0 Å². The summed E-state index contributed by atoms with van der Waals surface area (Å²) in [5.41, 5.74) is 0.791. The number of ether oxygens (including phenoxy) is 1. The molecule has 0 spiro atoms. The van der Waals surface area contributed by atoms with Gasteiger partial charge in [0.15, 0.2) is 0 Å². The first kappa shape index (κ1) is 19.2. The number of nitrogens with zero attached hydrogens (tertiary/aromatic N) is 1. The maximum atomic E-state index is 13.4. The molecule has 0 amide bonds. The molecule has 0 unspecified atom stereocenters. The first-order valence-corrected chi connectivity index (χ1v) is 6.14. The largest absolute Gasteiger partial charge is 0.508 e. The van der Waals surface area contributed by atoms with E-state index in [-0.39, 0.29) is 36.6 Å². The van der Waals surface area contributed by atoms with Gasteiger partial charge in [-0.05, 0) is 12.1 Å². The van der Waals surface area contributed by atoms with Crippen LogP contribution in [0, 0.1) is 0 Å². The monoisotopic (exact) mass is 326 g/mol. The molecule has 1 heterocycles. The van der Waals surface area contributed by atoms with Crippen LogP contribution in [0.5, 0.6) is 11.5 Å². The van der Waals surface area contributed by atoms with E-state index >= 15 is 0 Å². The van der Waals surface area contributed by atoms with Crippen LogP contribution < -0.4 is 10.1 Å². The highest BCUT2D eigenvalue weighted by Crippen LogP contribution is 2.32. The van der Waals surface area contributed by atoms with Crippen LogP contribution >= 0.6 is 24.8 Å². The number of methoxy groups -OCH3 is 1. The van der Waals surface area contributed by atoms with Crippen molar-refractivity contribution < 1.29 is 14.2 Å². The quantitative estimate of drug-likeness (QED) is 0.890. The smallest absolute Gasteiger partial charge is 0.127 e. The highest BCUT2D eigenvalue weighted by Gasteiger charge is 2.24. The number of aromatic hydroxyl groups is 1. The molecule has 0 saturated carbocycles. The maximum absolute atomic E-state index is 13.4. The van der Waals surface area contributed by atoms with Crippen molar-refractivity contribution in [3.8, 4) is 11.5 Å². The van der Waals surface area contributed by atoms with Crippen molar-refractivity contribution in [1.82, 2.24) is 10.2 Å². The molecule has 0 aliphatic carbocycles. The van der Waals surface area contributed by atoms with Crippen molar-refractivity contribution in [3.05, 3.63) is 23.8 Å². The third kappa shape index (κ3) is 4.38. The SMILES string of the molecule is COc1cc(O)ccc1[C@H](CF)N1CCNCC1.Cl.Cl. The molecule has 1 aromatic rings. The Kier molecular flexibility index (Phi) is 8.89. The Hall–Kier alpha value is -0.750. The molecule has 2 rings (SSSR count). The Morgan fingerprint density at radius 3 is 2.55 bits per heavy atom. The molecule has 1 fully saturated rings. The highest BCUT2D eigenvalue weighted by molar-refractivity contribution is 5.85. The van der Waals surface area contributed by atoms with Crippen LogP contribution in [0.3, 0.4) is 0 Å². The molecule has 116 valence electrons. The number of alkyl halides is 1. The Morgan fingerprint density at radius 2 is 2.00 bits per heavy atom. The van der Waals surface area contributed by atoms with E-state index in [4.69, 9.17) is 4.74 Å². The van der Waals surface area contributed by atoms with Crippen molar-refractivity contribution in [2.45, 2.75) is 6.04 Å². The van der Waals surface area contributed by atoms with Crippen molar-refractivity contribution in [3.63, 3.8) is 0 Å². The molecule has 7 heteroatoms. The lowest BCUT2D eigenvalue weighted by Gasteiger charge is -2.34. The van der Waals surface area contributed by atoms with Crippen LogP contribution in [0.25, 0.3) is 0 Å². The Labute approximate surface area is 131 Å². The molecule has 1 aromatic carbocycles. The zero-order valence-corrected chi connectivity index (χ0v) is 13.0. The van der Waals surface area contributed by atoms with Crippen molar-refractivity contribution in [1.29, 1.82) is 0 Å². The number of hydrogen-bond acceptors (Lipinski definition) is 4. The summed E-state index contributed by atoms with van der Waals surface area (Å²) in [6.45, 7) is 2.92. The number of rotatable bonds is 4. The molecule has 20 heavy (non-hydrogen) atoms. The van der Waals surface area contributed by atoms with Crippen LogP contribution in [-0.2, 0) is 0 Å². The van der Waals surface area contributed by atoms with Crippen LogP contribution in [0.1, 0.15) is 11.6 Å². The number of piperazine rings is 1. The van der Waals surface area contributed by atoms with Gasteiger partial charge in [0, 0.05) is 37.8 Å². The van der Waals surface area contributed by atoms with Crippen molar-refractivity contribution in [2.24, 2.45) is 0 Å². The maximum Gasteiger partial charge on any atom is 0.127 e. The summed E-state index contributed by atoms with van der Waals surface area (Å²) in [5, 5.41) is 12.7. The third-order valence-electron chi connectivity index (χ3n) is 3.31. The summed E-state index contributed by atoms with van der Waals surface area (Å²) in [5.74, 6) is 0.671. The second kappa shape index (κ2) is 9.23. The van der Waals surface area contributed by atoms with Gasteiger partial charge < -0.3 is 15.2 Å². The molecule has 0 aromatic heterocycles. The molecule has 2 N–H and O–H groups in total. The minimum atomic E-state index is -0.457. The molecular weight excluding hydrogens is 306 g/mol. The minimum Gasteiger partial charge on any atom is -0.508 e. The molecule has 1 aliphatic heterocycles. The lowest BCUT2D eigenvalue weighted by atomic mass is 10.0. The van der Waals surface area contributed by atoms with Gasteiger partial charge in [-0.2, -0.15) is 0 Å². The number of phenolic OH excluding ortho intramolecular Hbond substituents is 1. The summed E-state index contributed by atoms with van der Waals surface area (Å²) < 4.78 is 18.6. The first-order chi connectivity index (χ1) is 8.76. The predicted molar refractivity (Wildman–Crippen MR) is 82.3 cm³/mol. The topological polar surface area (TPSA) is 44.7 Å². The molecule has 1 saturated heterocycles. The molecule has 4 nitrogen and oxygen atoms in total. The summed E-state index contributed by atoms with van der Waals surface area (Å²) in [7, 11) is 1.53. The lowest BCUT2D eigenvalue weighted by molar-refractivity contribution is 0.145. The van der Waals surface area contributed by atoms with E-state index in [1.807, 2.05) is 0 Å². The third-order valence-corrected chi connectivity index (χ3v) is 3.31. The van der Waals surface area contributed by atoms with E-state index in [9.17, 15) is 9.50 Å². The standard InChI is InChI=1S/C13H19FN2O2.2ClH/c1-18-13-8-10(17)2-3-11(13)12(9-14)16-6-4-15-5-7-16;;/h2-3,8,12,15,17H,4-7,9H2,1H3;2*1H/t12-;;/m0../s1. The van der Waals surface area contributed by atoms with Gasteiger partial charge in [0.05, 0.1) is 13.2 Å². The fraction of sp³-hybridized carbons (Fsp3) is 0.538. The molecule has 1 aliphatic rings. The van der Waals surface area contributed by atoms with Gasteiger partial charge in [0.1, 0.15) is 18.2 Å². The molecule has 0 radical (unpaired) electrons. The van der Waals surface area contributed by atoms with Crippen molar-refractivity contribution in [2.75, 3.05) is 40.0 Å². The van der Waals surface area contributed by atoms with Crippen LogP contribution in [-0.4, -0.2) is 50.0 Å². The zero-order chi connectivity index (χ0) is 13.0. The second-order valence-corrected chi connectivity index (χ2v) is 4.38. The van der Waals surface area contributed by atoms with Crippen molar-refractivity contribution >= 4 is 24.8 Å². The Bertz CT molecular complexity index is 404. The van der Waals surface area contributed by atoms with E-state index in [0.29, 0.717) is 5.75 Å². The summed E-state index contributed by atoms with van der Waals surface area (Å²) in [4.78, 5) is 2.10.